The van der Waals surface area contributed by atoms with Gasteiger partial charge in [-0.1, -0.05) is 348 Å². The zero-order valence-corrected chi connectivity index (χ0v) is 66.8. The average molecular weight is 1460 g/mol. The number of hydrogen-bond acceptors (Lipinski definition) is 15. The Morgan fingerprint density at radius 3 is 0.820 bits per heavy atom. The van der Waals surface area contributed by atoms with Crippen molar-refractivity contribution in [3.8, 4) is 0 Å². The number of esters is 4. The summed E-state index contributed by atoms with van der Waals surface area (Å²) in [6, 6.07) is 0. The number of phosphoric acid groups is 2. The second kappa shape index (κ2) is 72.1. The summed E-state index contributed by atoms with van der Waals surface area (Å²) in [5.74, 6) is -0.570. The van der Waals surface area contributed by atoms with Gasteiger partial charge in [-0.3, -0.25) is 37.3 Å². The minimum Gasteiger partial charge on any atom is -0.462 e. The molecule has 19 heteroatoms. The Kier molecular flexibility index (Phi) is 70.3. The van der Waals surface area contributed by atoms with Crippen LogP contribution in [0.4, 0.5) is 0 Å². The molecule has 0 fully saturated rings. The van der Waals surface area contributed by atoms with E-state index in [1.165, 1.54) is 199 Å². The third kappa shape index (κ3) is 73.8. The zero-order chi connectivity index (χ0) is 73.5. The van der Waals surface area contributed by atoms with Gasteiger partial charge in [0.1, 0.15) is 19.3 Å². The number of allylic oxidation sites excluding steroid dienone is 4. The van der Waals surface area contributed by atoms with Gasteiger partial charge in [-0.2, -0.15) is 0 Å². The third-order valence-electron chi connectivity index (χ3n) is 18.3. The van der Waals surface area contributed by atoms with Gasteiger partial charge in [0.25, 0.3) is 0 Å². The number of hydrogen-bond donors (Lipinski definition) is 3. The van der Waals surface area contributed by atoms with Crippen molar-refractivity contribution in [3.05, 3.63) is 24.3 Å². The Bertz CT molecular complexity index is 2020. The highest BCUT2D eigenvalue weighted by Gasteiger charge is 2.30. The van der Waals surface area contributed by atoms with Gasteiger partial charge in [-0.25, -0.2) is 9.13 Å². The molecule has 0 aliphatic heterocycles. The molecule has 17 nitrogen and oxygen atoms in total. The van der Waals surface area contributed by atoms with Crippen molar-refractivity contribution < 1.29 is 80.2 Å². The molecule has 0 saturated carbocycles. The highest BCUT2D eigenvalue weighted by molar-refractivity contribution is 7.47. The molecular weight excluding hydrogens is 1310 g/mol. The van der Waals surface area contributed by atoms with Gasteiger partial charge >= 0.3 is 39.5 Å². The molecule has 0 spiro atoms. The van der Waals surface area contributed by atoms with Crippen molar-refractivity contribution in [1.82, 2.24) is 0 Å². The summed E-state index contributed by atoms with van der Waals surface area (Å²) in [6.07, 6.45) is 64.6. The van der Waals surface area contributed by atoms with Gasteiger partial charge in [-0.05, 0) is 63.2 Å². The first-order chi connectivity index (χ1) is 48.4. The number of ether oxygens (including phenoxy) is 4. The summed E-state index contributed by atoms with van der Waals surface area (Å²) in [4.78, 5) is 73.0. The minimum atomic E-state index is -4.97. The third-order valence-corrected chi connectivity index (χ3v) is 20.2. The Labute approximate surface area is 612 Å². The zero-order valence-electron chi connectivity index (χ0n) is 65.0. The van der Waals surface area contributed by atoms with Crippen LogP contribution in [0.1, 0.15) is 401 Å². The van der Waals surface area contributed by atoms with E-state index in [0.29, 0.717) is 25.7 Å². The smallest absolute Gasteiger partial charge is 0.462 e. The normalized spacial score (nSPS) is 14.1. The first kappa shape index (κ1) is 97.5. The summed E-state index contributed by atoms with van der Waals surface area (Å²) < 4.78 is 68.6. The monoisotopic (exact) mass is 1460 g/mol. The topological polar surface area (TPSA) is 237 Å². The van der Waals surface area contributed by atoms with Crippen LogP contribution in [0, 0.1) is 11.8 Å². The van der Waals surface area contributed by atoms with Gasteiger partial charge < -0.3 is 33.8 Å². The molecule has 0 aliphatic carbocycles. The first-order valence-corrected chi connectivity index (χ1v) is 44.3. The van der Waals surface area contributed by atoms with E-state index in [1.54, 1.807) is 0 Å². The molecule has 0 aliphatic rings. The second-order valence-corrected chi connectivity index (χ2v) is 32.3. The van der Waals surface area contributed by atoms with Crippen LogP contribution in [0.15, 0.2) is 24.3 Å². The minimum absolute atomic E-state index is 0.101. The lowest BCUT2D eigenvalue weighted by atomic mass is 10.0. The Hall–Kier alpha value is -2.46. The second-order valence-electron chi connectivity index (χ2n) is 29.4. The SMILES string of the molecule is CCCCCC/C=C\C=C/CCCCCCCC(=O)OC[C@H](COP(=O)(O)OC[C@@H](O)COP(=O)(O)OC[C@@H](COC(=O)CCCCCCCCCCCCC)OC(=O)CCCCCCCCCCCCC(C)C)OC(=O)CCCCCCCCCCCCCCCCCCCCC(C)C. The van der Waals surface area contributed by atoms with E-state index in [0.717, 1.165) is 121 Å². The van der Waals surface area contributed by atoms with Crippen LogP contribution in [0.3, 0.4) is 0 Å². The lowest BCUT2D eigenvalue weighted by molar-refractivity contribution is -0.161. The largest absolute Gasteiger partial charge is 0.472 e. The maximum Gasteiger partial charge on any atom is 0.472 e. The molecule has 100 heavy (non-hydrogen) atoms. The molecular formula is C81H154O17P2. The summed E-state index contributed by atoms with van der Waals surface area (Å²) >= 11 is 0. The molecule has 0 aromatic heterocycles. The number of phosphoric ester groups is 2. The highest BCUT2D eigenvalue weighted by atomic mass is 31.2. The first-order valence-electron chi connectivity index (χ1n) is 41.3. The van der Waals surface area contributed by atoms with Crippen molar-refractivity contribution >= 4 is 39.5 Å². The molecule has 2 unspecified atom stereocenters. The Morgan fingerprint density at radius 1 is 0.310 bits per heavy atom. The number of aliphatic hydroxyl groups excluding tert-OH is 1. The van der Waals surface area contributed by atoms with Crippen molar-refractivity contribution in [1.29, 1.82) is 0 Å². The number of carbonyl (C=O) groups is 4. The van der Waals surface area contributed by atoms with Gasteiger partial charge in [0.05, 0.1) is 26.4 Å². The quantitative estimate of drug-likeness (QED) is 0.0169. The fourth-order valence-electron chi connectivity index (χ4n) is 12.0. The molecule has 0 amide bonds. The van der Waals surface area contributed by atoms with E-state index < -0.39 is 97.5 Å². The van der Waals surface area contributed by atoms with E-state index >= 15 is 0 Å². The molecule has 0 radical (unpaired) electrons. The fraction of sp³-hybridized carbons (Fsp3) is 0.901. The maximum atomic E-state index is 13.1. The van der Waals surface area contributed by atoms with Crippen molar-refractivity contribution in [2.75, 3.05) is 39.6 Å². The number of carbonyl (C=O) groups excluding carboxylic acids is 4. The van der Waals surface area contributed by atoms with E-state index in [9.17, 15) is 43.2 Å². The molecule has 0 rings (SSSR count). The summed E-state index contributed by atoms with van der Waals surface area (Å²) in [5.41, 5.74) is 0. The molecule has 0 bridgehead atoms. The van der Waals surface area contributed by atoms with E-state index in [4.69, 9.17) is 37.0 Å². The van der Waals surface area contributed by atoms with Crippen LogP contribution in [0.2, 0.25) is 0 Å². The molecule has 0 aromatic rings. The predicted octanol–water partition coefficient (Wildman–Crippen LogP) is 23.8. The van der Waals surface area contributed by atoms with Crippen molar-refractivity contribution in [2.45, 2.75) is 419 Å². The molecule has 0 saturated heterocycles. The van der Waals surface area contributed by atoms with Crippen LogP contribution in [-0.2, 0) is 65.4 Å². The van der Waals surface area contributed by atoms with E-state index in [2.05, 4.69) is 65.8 Å². The molecule has 5 atom stereocenters. The van der Waals surface area contributed by atoms with Gasteiger partial charge in [0, 0.05) is 25.7 Å². The Balaban J connectivity index is 5.26. The van der Waals surface area contributed by atoms with Crippen LogP contribution >= 0.6 is 15.6 Å². The molecule has 0 aromatic carbocycles. The molecule has 0 heterocycles. The van der Waals surface area contributed by atoms with Crippen LogP contribution in [-0.4, -0.2) is 96.7 Å². The number of aliphatic hydroxyl groups is 1. The number of unbranched alkanes of at least 4 members (excludes halogenated alkanes) is 45. The molecule has 3 N–H and O–H groups in total. The highest BCUT2D eigenvalue weighted by Crippen LogP contribution is 2.45. The summed E-state index contributed by atoms with van der Waals surface area (Å²) in [5, 5.41) is 10.6. The summed E-state index contributed by atoms with van der Waals surface area (Å²) in [6.45, 7) is 9.58. The lowest BCUT2D eigenvalue weighted by Gasteiger charge is -2.21. The van der Waals surface area contributed by atoms with E-state index in [-0.39, 0.29) is 25.7 Å². The van der Waals surface area contributed by atoms with Crippen molar-refractivity contribution in [3.63, 3.8) is 0 Å². The van der Waals surface area contributed by atoms with Gasteiger partial charge in [-0.15, -0.1) is 0 Å². The van der Waals surface area contributed by atoms with Crippen LogP contribution in [0.5, 0.6) is 0 Å². The Morgan fingerprint density at radius 2 is 0.540 bits per heavy atom. The summed E-state index contributed by atoms with van der Waals surface area (Å²) in [7, 11) is -9.93. The predicted molar refractivity (Wildman–Crippen MR) is 409 cm³/mol. The fourth-order valence-corrected chi connectivity index (χ4v) is 13.6. The number of rotatable bonds is 78. The van der Waals surface area contributed by atoms with Crippen LogP contribution < -0.4 is 0 Å². The molecule has 590 valence electrons. The lowest BCUT2D eigenvalue weighted by Crippen LogP contribution is -2.30. The van der Waals surface area contributed by atoms with E-state index in [1.807, 2.05) is 0 Å². The average Bonchev–Trinajstić information content (AvgIpc) is 0.953. The maximum absolute atomic E-state index is 13.1. The van der Waals surface area contributed by atoms with Gasteiger partial charge in [0.15, 0.2) is 12.2 Å². The van der Waals surface area contributed by atoms with Crippen molar-refractivity contribution in [2.24, 2.45) is 11.8 Å². The van der Waals surface area contributed by atoms with Gasteiger partial charge in [0.2, 0.25) is 0 Å². The standard InChI is InChI=1S/C81H154O17P2/c1-7-9-11-13-15-17-19-20-25-29-33-40-46-52-58-64-79(84)92-70-76(97-80(85)65-59-53-47-41-34-30-27-24-22-21-23-26-28-32-37-43-49-55-61-73(3)4)71-95-99(87,88)93-67-75(82)68-94-100(89,90)96-72-77(69-91-78(83)63-57-51-45-39-31-18-16-14-12-10-8-2)98-81(86)66-60-54-48-42-36-35-38-44-50-56-62-74(5)6/h17,19-20,25,73-77,82H,7-16,18,21-24,26-72H2,1-6H3,(H,87,88)(H,89,90)/b19-17-,25-20-/t75-,76-,77-/m1/s1. The van der Waals surface area contributed by atoms with Crippen LogP contribution in [0.25, 0.3) is 0 Å².